The molecule has 0 aliphatic rings. The van der Waals surface area contributed by atoms with Gasteiger partial charge in [-0.05, 0) is 30.3 Å². The number of sulfonamides is 1. The molecular weight excluding hydrogens is 406 g/mol. The van der Waals surface area contributed by atoms with E-state index in [9.17, 15) is 13.2 Å². The minimum absolute atomic E-state index is 0.0499. The molecule has 2 aromatic carbocycles. The summed E-state index contributed by atoms with van der Waals surface area (Å²) in [6.45, 7) is -0.421. The highest BCUT2D eigenvalue weighted by atomic mass is 35.5. The largest absolute Gasteiger partial charge is 0.496 e. The van der Waals surface area contributed by atoms with E-state index in [2.05, 4.69) is 10.5 Å². The van der Waals surface area contributed by atoms with Crippen LogP contribution in [-0.4, -0.2) is 52.7 Å². The van der Waals surface area contributed by atoms with E-state index < -0.39 is 22.5 Å². The summed E-state index contributed by atoms with van der Waals surface area (Å²) in [6.07, 6.45) is 1.41. The maximum atomic E-state index is 12.6. The van der Waals surface area contributed by atoms with E-state index in [-0.39, 0.29) is 9.92 Å². The number of nitrogens with zero attached hydrogens (tertiary/aromatic N) is 2. The summed E-state index contributed by atoms with van der Waals surface area (Å²) in [5, 5.41) is 3.99. The molecule has 8 nitrogen and oxygen atoms in total. The minimum atomic E-state index is -3.91. The van der Waals surface area contributed by atoms with Crippen molar-refractivity contribution in [2.45, 2.75) is 4.90 Å². The number of carbonyl (C=O) groups is 1. The molecule has 0 heterocycles. The number of halogens is 1. The lowest BCUT2D eigenvalue weighted by molar-refractivity contribution is -0.121. The molecule has 0 unspecified atom stereocenters. The fourth-order valence-corrected chi connectivity index (χ4v) is 3.73. The summed E-state index contributed by atoms with van der Waals surface area (Å²) in [4.78, 5) is 12.0. The third kappa shape index (κ3) is 5.22. The molecule has 0 saturated heterocycles. The summed E-state index contributed by atoms with van der Waals surface area (Å²) in [5.74, 6) is 0.347. The van der Waals surface area contributed by atoms with E-state index in [0.717, 1.165) is 4.31 Å². The second kappa shape index (κ2) is 9.54. The van der Waals surface area contributed by atoms with Gasteiger partial charge < -0.3 is 9.47 Å². The molecule has 0 aromatic heterocycles. The number of carbonyl (C=O) groups excluding carboxylic acids is 1. The number of amides is 1. The first-order valence-electron chi connectivity index (χ1n) is 8.04. The fraction of sp³-hybridized carbons (Fsp3) is 0.222. The van der Waals surface area contributed by atoms with Crippen LogP contribution in [0.3, 0.4) is 0 Å². The number of rotatable bonds is 8. The Kier molecular flexibility index (Phi) is 7.38. The van der Waals surface area contributed by atoms with Gasteiger partial charge in [0.25, 0.3) is 5.91 Å². The number of nitrogens with one attached hydrogen (secondary N) is 1. The lowest BCUT2D eigenvalue weighted by Crippen LogP contribution is -2.36. The third-order valence-electron chi connectivity index (χ3n) is 3.73. The van der Waals surface area contributed by atoms with Crippen molar-refractivity contribution in [1.29, 1.82) is 0 Å². The second-order valence-electron chi connectivity index (χ2n) is 5.59. The first-order valence-corrected chi connectivity index (χ1v) is 9.86. The van der Waals surface area contributed by atoms with E-state index in [1.165, 1.54) is 45.7 Å². The molecule has 1 amide bonds. The monoisotopic (exact) mass is 425 g/mol. The first kappa shape index (κ1) is 21.7. The molecule has 10 heteroatoms. The van der Waals surface area contributed by atoms with Crippen LogP contribution >= 0.6 is 11.6 Å². The number of benzene rings is 2. The molecule has 0 radical (unpaired) electrons. The van der Waals surface area contributed by atoms with Gasteiger partial charge in [-0.1, -0.05) is 23.7 Å². The highest BCUT2D eigenvalue weighted by molar-refractivity contribution is 7.89. The molecule has 0 aliphatic heterocycles. The highest BCUT2D eigenvalue weighted by Gasteiger charge is 2.23. The van der Waals surface area contributed by atoms with Crippen LogP contribution in [0.2, 0.25) is 5.02 Å². The summed E-state index contributed by atoms with van der Waals surface area (Å²) in [6, 6.07) is 11.2. The second-order valence-corrected chi connectivity index (χ2v) is 8.04. The van der Waals surface area contributed by atoms with Crippen molar-refractivity contribution in [3.63, 3.8) is 0 Å². The molecule has 0 aliphatic carbocycles. The smallest absolute Gasteiger partial charge is 0.255 e. The Morgan fingerprint density at radius 2 is 1.86 bits per heavy atom. The fourth-order valence-electron chi connectivity index (χ4n) is 2.26. The molecule has 0 spiro atoms. The summed E-state index contributed by atoms with van der Waals surface area (Å²) in [7, 11) is 0.332. The van der Waals surface area contributed by atoms with Crippen LogP contribution in [0.5, 0.6) is 11.5 Å². The third-order valence-corrected chi connectivity index (χ3v) is 5.82. The SMILES string of the molecule is COc1ccc(S(=O)(=O)N(C)CC(=O)N/N=C/c2ccccc2OC)cc1Cl. The van der Waals surface area contributed by atoms with Gasteiger partial charge in [0, 0.05) is 12.6 Å². The normalized spacial score (nSPS) is 11.6. The van der Waals surface area contributed by atoms with Crippen LogP contribution in [0.25, 0.3) is 0 Å². The summed E-state index contributed by atoms with van der Waals surface area (Å²) >= 11 is 5.98. The van der Waals surface area contributed by atoms with E-state index in [1.807, 2.05) is 0 Å². The van der Waals surface area contributed by atoms with Gasteiger partial charge in [0.15, 0.2) is 0 Å². The van der Waals surface area contributed by atoms with Gasteiger partial charge in [-0.3, -0.25) is 4.79 Å². The summed E-state index contributed by atoms with van der Waals surface area (Å²) in [5.41, 5.74) is 2.96. The zero-order chi connectivity index (χ0) is 20.7. The van der Waals surface area contributed by atoms with Gasteiger partial charge in [-0.25, -0.2) is 13.8 Å². The van der Waals surface area contributed by atoms with Crippen LogP contribution in [0.15, 0.2) is 52.5 Å². The first-order chi connectivity index (χ1) is 13.3. The maximum absolute atomic E-state index is 12.6. The Balaban J connectivity index is 2.03. The number of hydrogen-bond acceptors (Lipinski definition) is 6. The van der Waals surface area contributed by atoms with Crippen molar-refractivity contribution in [1.82, 2.24) is 9.73 Å². The van der Waals surface area contributed by atoms with Crippen LogP contribution in [0.1, 0.15) is 5.56 Å². The standard InChI is InChI=1S/C18H20ClN3O5S/c1-22(28(24,25)14-8-9-17(27-3)15(19)10-14)12-18(23)21-20-11-13-6-4-5-7-16(13)26-2/h4-11H,12H2,1-3H3,(H,21,23)/b20-11+. The predicted octanol–water partition coefficient (Wildman–Crippen LogP) is 2.13. The number of hydrazone groups is 1. The van der Waals surface area contributed by atoms with Gasteiger partial charge in [0.2, 0.25) is 10.0 Å². The van der Waals surface area contributed by atoms with Crippen molar-refractivity contribution in [2.24, 2.45) is 5.10 Å². The van der Waals surface area contributed by atoms with Crippen molar-refractivity contribution < 1.29 is 22.7 Å². The number of likely N-dealkylation sites (N-methyl/N-ethyl adjacent to an activating group) is 1. The Bertz CT molecular complexity index is 979. The number of hydrogen-bond donors (Lipinski definition) is 1. The Morgan fingerprint density at radius 1 is 1.18 bits per heavy atom. The molecule has 2 rings (SSSR count). The molecule has 0 bridgehead atoms. The lowest BCUT2D eigenvalue weighted by atomic mass is 10.2. The van der Waals surface area contributed by atoms with Crippen LogP contribution in [-0.2, 0) is 14.8 Å². The highest BCUT2D eigenvalue weighted by Crippen LogP contribution is 2.28. The number of para-hydroxylation sites is 1. The van der Waals surface area contributed by atoms with Gasteiger partial charge in [0.1, 0.15) is 11.5 Å². The molecule has 1 N–H and O–H groups in total. The molecule has 0 saturated carbocycles. The van der Waals surface area contributed by atoms with Gasteiger partial charge >= 0.3 is 0 Å². The molecular formula is C18H20ClN3O5S. The lowest BCUT2D eigenvalue weighted by Gasteiger charge is -2.16. The molecule has 0 atom stereocenters. The van der Waals surface area contributed by atoms with Gasteiger partial charge in [0.05, 0.1) is 36.9 Å². The van der Waals surface area contributed by atoms with Gasteiger partial charge in [-0.2, -0.15) is 9.41 Å². The maximum Gasteiger partial charge on any atom is 0.255 e. The Hall–Kier alpha value is -2.62. The molecule has 2 aromatic rings. The van der Waals surface area contributed by atoms with E-state index in [4.69, 9.17) is 21.1 Å². The van der Waals surface area contributed by atoms with Crippen molar-refractivity contribution in [3.8, 4) is 11.5 Å². The van der Waals surface area contributed by atoms with E-state index >= 15 is 0 Å². The van der Waals surface area contributed by atoms with Crippen LogP contribution in [0.4, 0.5) is 0 Å². The van der Waals surface area contributed by atoms with Crippen molar-refractivity contribution >= 4 is 33.7 Å². The number of methoxy groups -OCH3 is 2. The Labute approximate surface area is 168 Å². The summed E-state index contributed by atoms with van der Waals surface area (Å²) < 4.78 is 36.3. The topological polar surface area (TPSA) is 97.3 Å². The van der Waals surface area contributed by atoms with Crippen molar-refractivity contribution in [3.05, 3.63) is 53.1 Å². The minimum Gasteiger partial charge on any atom is -0.496 e. The molecule has 150 valence electrons. The van der Waals surface area contributed by atoms with E-state index in [0.29, 0.717) is 17.1 Å². The number of ether oxygens (including phenoxy) is 2. The van der Waals surface area contributed by atoms with Gasteiger partial charge in [-0.15, -0.1) is 0 Å². The van der Waals surface area contributed by atoms with Crippen LogP contribution in [0, 0.1) is 0 Å². The molecule has 0 fully saturated rings. The predicted molar refractivity (Wildman–Crippen MR) is 107 cm³/mol. The Morgan fingerprint density at radius 3 is 2.50 bits per heavy atom. The molecule has 28 heavy (non-hydrogen) atoms. The van der Waals surface area contributed by atoms with Crippen molar-refractivity contribution in [2.75, 3.05) is 27.8 Å². The zero-order valence-corrected chi connectivity index (χ0v) is 17.1. The average molecular weight is 426 g/mol. The van der Waals surface area contributed by atoms with E-state index in [1.54, 1.807) is 24.3 Å². The average Bonchev–Trinajstić information content (AvgIpc) is 2.68. The zero-order valence-electron chi connectivity index (χ0n) is 15.5. The van der Waals surface area contributed by atoms with Crippen LogP contribution < -0.4 is 14.9 Å². The quantitative estimate of drug-likeness (QED) is 0.516.